The molecule has 0 bridgehead atoms. The highest BCUT2D eigenvalue weighted by atomic mass is 16.5. The van der Waals surface area contributed by atoms with Crippen LogP contribution in [0.5, 0.6) is 5.75 Å². The van der Waals surface area contributed by atoms with Gasteiger partial charge >= 0.3 is 0 Å². The van der Waals surface area contributed by atoms with E-state index in [0.717, 1.165) is 11.8 Å². The molecule has 23 heavy (non-hydrogen) atoms. The van der Waals surface area contributed by atoms with Gasteiger partial charge in [0, 0.05) is 5.56 Å². The summed E-state index contributed by atoms with van der Waals surface area (Å²) in [4.78, 5) is 22.7. The van der Waals surface area contributed by atoms with Crippen molar-refractivity contribution in [3.63, 3.8) is 0 Å². The third-order valence-corrected chi connectivity index (χ3v) is 3.53. The van der Waals surface area contributed by atoms with Crippen LogP contribution in [-0.2, 0) is 4.79 Å². The zero-order valence-electron chi connectivity index (χ0n) is 13.4. The van der Waals surface area contributed by atoms with Crippen molar-refractivity contribution in [3.8, 4) is 5.75 Å². The molecule has 0 aliphatic heterocycles. The Morgan fingerprint density at radius 3 is 2.30 bits per heavy atom. The number of carbonyl (C=O) groups is 2. The van der Waals surface area contributed by atoms with Gasteiger partial charge in [-0.05, 0) is 35.7 Å². The molecule has 1 atom stereocenters. The standard InChI is InChI=1S/C19H21NO3/c1-14(2)19(16-6-4-3-5-7-16)20-18(22)13-23-17-10-8-15(12-21)9-11-17/h3-12,14,19H,13H2,1-2H3,(H,20,22). The minimum absolute atomic E-state index is 0.0512. The van der Waals surface area contributed by atoms with Gasteiger partial charge in [0.2, 0.25) is 0 Å². The van der Waals surface area contributed by atoms with Gasteiger partial charge < -0.3 is 10.1 Å². The lowest BCUT2D eigenvalue weighted by Crippen LogP contribution is -2.35. The number of hydrogen-bond donors (Lipinski definition) is 1. The van der Waals surface area contributed by atoms with E-state index >= 15 is 0 Å². The van der Waals surface area contributed by atoms with Gasteiger partial charge in [-0.2, -0.15) is 0 Å². The summed E-state index contributed by atoms with van der Waals surface area (Å²) < 4.78 is 5.46. The van der Waals surface area contributed by atoms with E-state index in [1.807, 2.05) is 30.3 Å². The highest BCUT2D eigenvalue weighted by Crippen LogP contribution is 2.21. The molecule has 1 amide bonds. The van der Waals surface area contributed by atoms with Crippen LogP contribution in [0.25, 0.3) is 0 Å². The molecule has 2 aromatic rings. The first kappa shape index (κ1) is 16.7. The Bertz CT molecular complexity index is 635. The van der Waals surface area contributed by atoms with E-state index < -0.39 is 0 Å². The van der Waals surface area contributed by atoms with Crippen molar-refractivity contribution in [1.82, 2.24) is 5.32 Å². The normalized spacial score (nSPS) is 11.8. The van der Waals surface area contributed by atoms with Gasteiger partial charge in [-0.1, -0.05) is 44.2 Å². The maximum absolute atomic E-state index is 12.1. The summed E-state index contributed by atoms with van der Waals surface area (Å²) in [5.74, 6) is 0.659. The van der Waals surface area contributed by atoms with E-state index in [-0.39, 0.29) is 24.5 Å². The average Bonchev–Trinajstić information content (AvgIpc) is 2.58. The Morgan fingerprint density at radius 2 is 1.74 bits per heavy atom. The second-order valence-electron chi connectivity index (χ2n) is 5.68. The van der Waals surface area contributed by atoms with Crippen molar-refractivity contribution in [2.75, 3.05) is 6.61 Å². The quantitative estimate of drug-likeness (QED) is 0.797. The fraction of sp³-hybridized carbons (Fsp3) is 0.263. The van der Waals surface area contributed by atoms with Crippen LogP contribution in [0.2, 0.25) is 0 Å². The molecule has 0 heterocycles. The molecule has 0 spiro atoms. The molecule has 0 aromatic heterocycles. The smallest absolute Gasteiger partial charge is 0.258 e. The number of amides is 1. The zero-order valence-corrected chi connectivity index (χ0v) is 13.4. The molecule has 0 aliphatic carbocycles. The van der Waals surface area contributed by atoms with Crippen LogP contribution < -0.4 is 10.1 Å². The van der Waals surface area contributed by atoms with Crippen LogP contribution in [0.15, 0.2) is 54.6 Å². The maximum atomic E-state index is 12.1. The number of aldehydes is 1. The van der Waals surface area contributed by atoms with Gasteiger partial charge in [0.25, 0.3) is 5.91 Å². The molecule has 4 nitrogen and oxygen atoms in total. The summed E-state index contributed by atoms with van der Waals surface area (Å²) in [6, 6.07) is 16.5. The summed E-state index contributed by atoms with van der Waals surface area (Å²) in [5.41, 5.74) is 1.65. The molecule has 0 fully saturated rings. The number of rotatable bonds is 7. The summed E-state index contributed by atoms with van der Waals surface area (Å²) in [6.45, 7) is 4.07. The van der Waals surface area contributed by atoms with E-state index in [4.69, 9.17) is 4.74 Å². The van der Waals surface area contributed by atoms with E-state index in [0.29, 0.717) is 11.3 Å². The molecule has 0 aliphatic rings. The fourth-order valence-corrected chi connectivity index (χ4v) is 2.30. The van der Waals surface area contributed by atoms with Gasteiger partial charge in [0.15, 0.2) is 6.61 Å². The Kier molecular flexibility index (Phi) is 5.92. The van der Waals surface area contributed by atoms with Crippen molar-refractivity contribution in [1.29, 1.82) is 0 Å². The van der Waals surface area contributed by atoms with Gasteiger partial charge in [0.1, 0.15) is 12.0 Å². The lowest BCUT2D eigenvalue weighted by atomic mass is 9.96. The highest BCUT2D eigenvalue weighted by Gasteiger charge is 2.18. The van der Waals surface area contributed by atoms with Crippen LogP contribution >= 0.6 is 0 Å². The van der Waals surface area contributed by atoms with Crippen molar-refractivity contribution >= 4 is 12.2 Å². The van der Waals surface area contributed by atoms with Crippen LogP contribution in [0, 0.1) is 5.92 Å². The molecule has 0 radical (unpaired) electrons. The number of hydrogen-bond acceptors (Lipinski definition) is 3. The van der Waals surface area contributed by atoms with Gasteiger partial charge in [-0.25, -0.2) is 0 Å². The van der Waals surface area contributed by atoms with E-state index in [1.54, 1.807) is 24.3 Å². The Balaban J connectivity index is 1.92. The second-order valence-corrected chi connectivity index (χ2v) is 5.68. The van der Waals surface area contributed by atoms with Crippen LogP contribution in [0.1, 0.15) is 35.8 Å². The highest BCUT2D eigenvalue weighted by molar-refractivity contribution is 5.78. The van der Waals surface area contributed by atoms with Gasteiger partial charge in [-0.15, -0.1) is 0 Å². The Hall–Kier alpha value is -2.62. The molecule has 2 aromatic carbocycles. The predicted octanol–water partition coefficient (Wildman–Crippen LogP) is 3.39. The lowest BCUT2D eigenvalue weighted by molar-refractivity contribution is -0.124. The molecular weight excluding hydrogens is 290 g/mol. The van der Waals surface area contributed by atoms with E-state index in [2.05, 4.69) is 19.2 Å². The number of carbonyl (C=O) groups excluding carboxylic acids is 2. The van der Waals surface area contributed by atoms with Crippen molar-refractivity contribution in [2.24, 2.45) is 5.92 Å². The molecule has 4 heteroatoms. The third kappa shape index (κ3) is 4.95. The van der Waals surface area contributed by atoms with Crippen molar-refractivity contribution in [3.05, 3.63) is 65.7 Å². The maximum Gasteiger partial charge on any atom is 0.258 e. The van der Waals surface area contributed by atoms with Crippen LogP contribution in [-0.4, -0.2) is 18.8 Å². The summed E-state index contributed by atoms with van der Waals surface area (Å²) >= 11 is 0. The van der Waals surface area contributed by atoms with Crippen LogP contribution in [0.3, 0.4) is 0 Å². The monoisotopic (exact) mass is 311 g/mol. The summed E-state index contributed by atoms with van der Waals surface area (Å²) in [7, 11) is 0. The fourth-order valence-electron chi connectivity index (χ4n) is 2.30. The predicted molar refractivity (Wildman–Crippen MR) is 89.5 cm³/mol. The molecule has 120 valence electrons. The molecular formula is C19H21NO3. The second kappa shape index (κ2) is 8.13. The van der Waals surface area contributed by atoms with Crippen LogP contribution in [0.4, 0.5) is 0 Å². The molecule has 0 saturated heterocycles. The zero-order chi connectivity index (χ0) is 16.7. The largest absolute Gasteiger partial charge is 0.484 e. The summed E-state index contributed by atoms with van der Waals surface area (Å²) in [6.07, 6.45) is 0.767. The molecule has 2 rings (SSSR count). The Labute approximate surface area is 136 Å². The molecule has 1 N–H and O–H groups in total. The van der Waals surface area contributed by atoms with Crippen molar-refractivity contribution < 1.29 is 14.3 Å². The Morgan fingerprint density at radius 1 is 1.09 bits per heavy atom. The number of nitrogens with one attached hydrogen (secondary N) is 1. The summed E-state index contributed by atoms with van der Waals surface area (Å²) in [5, 5.41) is 3.01. The first-order chi connectivity index (χ1) is 11.1. The van der Waals surface area contributed by atoms with E-state index in [1.165, 1.54) is 0 Å². The van der Waals surface area contributed by atoms with E-state index in [9.17, 15) is 9.59 Å². The van der Waals surface area contributed by atoms with Crippen molar-refractivity contribution in [2.45, 2.75) is 19.9 Å². The third-order valence-electron chi connectivity index (χ3n) is 3.53. The minimum Gasteiger partial charge on any atom is -0.484 e. The van der Waals surface area contributed by atoms with Gasteiger partial charge in [0.05, 0.1) is 6.04 Å². The number of benzene rings is 2. The SMILES string of the molecule is CC(C)C(NC(=O)COc1ccc(C=O)cc1)c1ccccc1. The number of ether oxygens (including phenoxy) is 1. The minimum atomic E-state index is -0.174. The molecule has 1 unspecified atom stereocenters. The lowest BCUT2D eigenvalue weighted by Gasteiger charge is -2.23. The topological polar surface area (TPSA) is 55.4 Å². The average molecular weight is 311 g/mol. The molecule has 0 saturated carbocycles. The first-order valence-electron chi connectivity index (χ1n) is 7.62. The van der Waals surface area contributed by atoms with Gasteiger partial charge in [-0.3, -0.25) is 9.59 Å². The first-order valence-corrected chi connectivity index (χ1v) is 7.62.